The van der Waals surface area contributed by atoms with Gasteiger partial charge in [0.25, 0.3) is 5.69 Å². The fourth-order valence-electron chi connectivity index (χ4n) is 1.97. The molecule has 1 unspecified atom stereocenters. The number of benzene rings is 1. The molecule has 1 aromatic carbocycles. The number of nitro benzene ring substituents is 1. The predicted molar refractivity (Wildman–Crippen MR) is 85.5 cm³/mol. The van der Waals surface area contributed by atoms with Gasteiger partial charge in [0.05, 0.1) is 10.5 Å². The zero-order valence-electron chi connectivity index (χ0n) is 13.8. The van der Waals surface area contributed by atoms with Crippen LogP contribution >= 0.6 is 0 Å². The Bertz CT molecular complexity index is 592. The van der Waals surface area contributed by atoms with Crippen LogP contribution in [0.3, 0.4) is 0 Å². The maximum Gasteiger partial charge on any atom is 0.407 e. The van der Waals surface area contributed by atoms with Crippen molar-refractivity contribution in [1.29, 1.82) is 0 Å². The standard InChI is InChI=1S/C16H22N2O5/c1-5-11(17-15(20)23-16(2,3)4)10-14(19)12-8-6-7-9-13(12)18(21)22/h6-9,11H,5,10H2,1-4H3,(H,17,20). The summed E-state index contributed by atoms with van der Waals surface area (Å²) in [6.07, 6.45) is -0.133. The Balaban J connectivity index is 2.78. The molecule has 1 N–H and O–H groups in total. The number of ether oxygens (including phenoxy) is 1. The number of amides is 1. The number of alkyl carbamates (subject to hydrolysis) is 1. The second-order valence-electron chi connectivity index (χ2n) is 6.15. The lowest BCUT2D eigenvalue weighted by molar-refractivity contribution is -0.385. The average Bonchev–Trinajstić information content (AvgIpc) is 2.44. The van der Waals surface area contributed by atoms with Crippen LogP contribution in [0.15, 0.2) is 24.3 Å². The minimum absolute atomic E-state index is 0.0272. The summed E-state index contributed by atoms with van der Waals surface area (Å²) in [4.78, 5) is 34.5. The third kappa shape index (κ3) is 6.06. The maximum absolute atomic E-state index is 12.3. The van der Waals surface area contributed by atoms with Crippen LogP contribution in [0.1, 0.15) is 50.9 Å². The Morgan fingerprint density at radius 2 is 1.91 bits per heavy atom. The molecule has 7 heteroatoms. The van der Waals surface area contributed by atoms with Crippen LogP contribution in [0.4, 0.5) is 10.5 Å². The second-order valence-corrected chi connectivity index (χ2v) is 6.15. The zero-order valence-corrected chi connectivity index (χ0v) is 13.8. The van der Waals surface area contributed by atoms with Crippen LogP contribution in [-0.4, -0.2) is 28.4 Å². The SMILES string of the molecule is CCC(CC(=O)c1ccccc1[N+](=O)[O-])NC(=O)OC(C)(C)C. The summed E-state index contributed by atoms with van der Waals surface area (Å²) in [7, 11) is 0. The first-order valence-electron chi connectivity index (χ1n) is 7.40. The van der Waals surface area contributed by atoms with Gasteiger partial charge in [0.1, 0.15) is 5.60 Å². The minimum atomic E-state index is -0.634. The van der Waals surface area contributed by atoms with Gasteiger partial charge >= 0.3 is 6.09 Å². The monoisotopic (exact) mass is 322 g/mol. The Morgan fingerprint density at radius 1 is 1.30 bits per heavy atom. The molecule has 1 atom stereocenters. The molecule has 0 heterocycles. The summed E-state index contributed by atoms with van der Waals surface area (Å²) in [5.74, 6) is -0.389. The number of carbonyl (C=O) groups is 2. The first-order chi connectivity index (χ1) is 10.6. The van der Waals surface area contributed by atoms with Crippen LogP contribution in [-0.2, 0) is 4.74 Å². The molecule has 0 aliphatic rings. The number of nitrogens with zero attached hydrogens (tertiary/aromatic N) is 1. The van der Waals surface area contributed by atoms with Crippen molar-refractivity contribution in [3.63, 3.8) is 0 Å². The van der Waals surface area contributed by atoms with Crippen LogP contribution in [0, 0.1) is 10.1 Å². The van der Waals surface area contributed by atoms with E-state index in [1.54, 1.807) is 26.8 Å². The van der Waals surface area contributed by atoms with E-state index >= 15 is 0 Å². The lowest BCUT2D eigenvalue weighted by atomic mass is 10.0. The smallest absolute Gasteiger partial charge is 0.407 e. The molecule has 0 bridgehead atoms. The summed E-state index contributed by atoms with van der Waals surface area (Å²) in [6.45, 7) is 7.04. The van der Waals surface area contributed by atoms with Gasteiger partial charge in [-0.15, -0.1) is 0 Å². The zero-order chi connectivity index (χ0) is 17.6. The van der Waals surface area contributed by atoms with E-state index in [1.165, 1.54) is 18.2 Å². The van der Waals surface area contributed by atoms with Gasteiger partial charge in [0.15, 0.2) is 5.78 Å². The van der Waals surface area contributed by atoms with Gasteiger partial charge in [-0.3, -0.25) is 14.9 Å². The number of ketones is 1. The molecule has 0 spiro atoms. The molecule has 1 rings (SSSR count). The molecule has 0 saturated heterocycles. The highest BCUT2D eigenvalue weighted by atomic mass is 16.6. The summed E-state index contributed by atoms with van der Waals surface area (Å²) < 4.78 is 5.15. The average molecular weight is 322 g/mol. The molecule has 23 heavy (non-hydrogen) atoms. The van der Waals surface area contributed by atoms with Crippen molar-refractivity contribution in [3.05, 3.63) is 39.9 Å². The van der Waals surface area contributed by atoms with Crippen molar-refractivity contribution < 1.29 is 19.2 Å². The van der Waals surface area contributed by atoms with Crippen molar-refractivity contribution in [1.82, 2.24) is 5.32 Å². The topological polar surface area (TPSA) is 98.5 Å². The molecule has 0 radical (unpaired) electrons. The van der Waals surface area contributed by atoms with Crippen LogP contribution < -0.4 is 5.32 Å². The molecular weight excluding hydrogens is 300 g/mol. The van der Waals surface area contributed by atoms with Gasteiger partial charge in [-0.2, -0.15) is 0 Å². The number of rotatable bonds is 6. The quantitative estimate of drug-likeness (QED) is 0.491. The number of hydrogen-bond donors (Lipinski definition) is 1. The molecule has 0 aliphatic heterocycles. The van der Waals surface area contributed by atoms with Gasteiger partial charge in [0.2, 0.25) is 0 Å². The van der Waals surface area contributed by atoms with Crippen LogP contribution in [0.2, 0.25) is 0 Å². The molecule has 126 valence electrons. The van der Waals surface area contributed by atoms with E-state index < -0.39 is 22.7 Å². The number of para-hydroxylation sites is 1. The highest BCUT2D eigenvalue weighted by Gasteiger charge is 2.24. The minimum Gasteiger partial charge on any atom is -0.444 e. The predicted octanol–water partition coefficient (Wildman–Crippen LogP) is 3.47. The van der Waals surface area contributed by atoms with Gasteiger partial charge < -0.3 is 10.1 Å². The molecule has 1 aromatic rings. The lowest BCUT2D eigenvalue weighted by Crippen LogP contribution is -2.39. The summed E-state index contributed by atoms with van der Waals surface area (Å²) in [5.41, 5.74) is -0.823. The number of carbonyl (C=O) groups excluding carboxylic acids is 2. The van der Waals surface area contributed by atoms with Gasteiger partial charge in [-0.25, -0.2) is 4.79 Å². The highest BCUT2D eigenvalue weighted by Crippen LogP contribution is 2.20. The van der Waals surface area contributed by atoms with E-state index in [4.69, 9.17) is 4.74 Å². The number of nitro groups is 1. The Kier molecular flexibility index (Phi) is 6.24. The van der Waals surface area contributed by atoms with Crippen molar-refractivity contribution in [2.45, 2.75) is 52.2 Å². The van der Waals surface area contributed by atoms with Crippen molar-refractivity contribution in [2.75, 3.05) is 0 Å². The Hall–Kier alpha value is -2.44. The summed E-state index contributed by atoms with van der Waals surface area (Å²) >= 11 is 0. The van der Waals surface area contributed by atoms with E-state index in [2.05, 4.69) is 5.32 Å². The third-order valence-electron chi connectivity index (χ3n) is 3.05. The third-order valence-corrected chi connectivity index (χ3v) is 3.05. The molecule has 0 aromatic heterocycles. The van der Waals surface area contributed by atoms with Gasteiger partial charge in [-0.1, -0.05) is 19.1 Å². The molecule has 1 amide bonds. The van der Waals surface area contributed by atoms with E-state index in [9.17, 15) is 19.7 Å². The number of hydrogen-bond acceptors (Lipinski definition) is 5. The summed E-state index contributed by atoms with van der Waals surface area (Å²) in [6, 6.07) is 5.33. The number of Topliss-reactive ketones (excluding diaryl/α,β-unsaturated/α-hetero) is 1. The van der Waals surface area contributed by atoms with Crippen LogP contribution in [0.25, 0.3) is 0 Å². The molecule has 0 fully saturated rings. The molecule has 0 saturated carbocycles. The molecule has 0 aliphatic carbocycles. The van der Waals surface area contributed by atoms with Gasteiger partial charge in [0, 0.05) is 18.5 Å². The molecular formula is C16H22N2O5. The van der Waals surface area contributed by atoms with Crippen molar-refractivity contribution in [2.24, 2.45) is 0 Å². The highest BCUT2D eigenvalue weighted by molar-refractivity contribution is 6.00. The normalized spacial score (nSPS) is 12.3. The van der Waals surface area contributed by atoms with Crippen molar-refractivity contribution >= 4 is 17.6 Å². The second kappa shape index (κ2) is 7.71. The molecule has 7 nitrogen and oxygen atoms in total. The Morgan fingerprint density at radius 3 is 2.43 bits per heavy atom. The summed E-state index contributed by atoms with van der Waals surface area (Å²) in [5, 5.41) is 13.6. The largest absolute Gasteiger partial charge is 0.444 e. The maximum atomic E-state index is 12.3. The van der Waals surface area contributed by atoms with E-state index in [0.29, 0.717) is 6.42 Å². The van der Waals surface area contributed by atoms with Crippen LogP contribution in [0.5, 0.6) is 0 Å². The van der Waals surface area contributed by atoms with Crippen molar-refractivity contribution in [3.8, 4) is 0 Å². The van der Waals surface area contributed by atoms with E-state index in [-0.39, 0.29) is 23.5 Å². The van der Waals surface area contributed by atoms with E-state index in [1.807, 2.05) is 6.92 Å². The first kappa shape index (κ1) is 18.6. The first-order valence-corrected chi connectivity index (χ1v) is 7.40. The fourth-order valence-corrected chi connectivity index (χ4v) is 1.97. The Labute approximate surface area is 135 Å². The lowest BCUT2D eigenvalue weighted by Gasteiger charge is -2.22. The fraction of sp³-hybridized carbons (Fsp3) is 0.500. The van der Waals surface area contributed by atoms with Gasteiger partial charge in [-0.05, 0) is 33.3 Å². The van der Waals surface area contributed by atoms with E-state index in [0.717, 1.165) is 0 Å². The number of nitrogens with one attached hydrogen (secondary N) is 1.